The molecule has 0 aliphatic rings. The molecule has 0 saturated heterocycles. The van der Waals surface area contributed by atoms with Gasteiger partial charge in [0.2, 0.25) is 0 Å². The van der Waals surface area contributed by atoms with Crippen molar-refractivity contribution in [2.75, 3.05) is 18.0 Å². The molecule has 1 rings (SSSR count). The van der Waals surface area contributed by atoms with E-state index in [4.69, 9.17) is 16.3 Å². The van der Waals surface area contributed by atoms with Gasteiger partial charge in [0.25, 0.3) is 0 Å². The Labute approximate surface area is 102 Å². The van der Waals surface area contributed by atoms with Gasteiger partial charge in [-0.1, -0.05) is 19.1 Å². The molecule has 0 bridgehead atoms. The minimum absolute atomic E-state index is 0.0458. The number of hydrogen-bond acceptors (Lipinski definition) is 4. The molecular formula is C13H16N4. The normalized spacial score (nSPS) is 11.3. The maximum atomic E-state index is 8.68. The fourth-order valence-corrected chi connectivity index (χ4v) is 1.58. The molecule has 0 radical (unpaired) electrons. The standard InChI is InChI=1S/C13H16N4/c1-2-13(16)11-3-5-12(6-4-11)17(9-7-14)10-8-15/h3-6,13H,2,9-10,16H2,1H3. The summed E-state index contributed by atoms with van der Waals surface area (Å²) < 4.78 is 0. The Morgan fingerprint density at radius 3 is 2.12 bits per heavy atom. The molecule has 0 aromatic heterocycles. The molecule has 1 aromatic rings. The van der Waals surface area contributed by atoms with Crippen LogP contribution in [0.15, 0.2) is 24.3 Å². The number of rotatable bonds is 5. The summed E-state index contributed by atoms with van der Waals surface area (Å²) in [4.78, 5) is 1.72. The van der Waals surface area contributed by atoms with E-state index in [1.54, 1.807) is 4.90 Å². The molecule has 0 amide bonds. The fourth-order valence-electron chi connectivity index (χ4n) is 1.58. The predicted molar refractivity (Wildman–Crippen MR) is 67.1 cm³/mol. The summed E-state index contributed by atoms with van der Waals surface area (Å²) in [6, 6.07) is 11.8. The number of nitrogens with two attached hydrogens (primary N) is 1. The highest BCUT2D eigenvalue weighted by Crippen LogP contribution is 2.19. The van der Waals surface area contributed by atoms with Crippen LogP contribution in [0.3, 0.4) is 0 Å². The van der Waals surface area contributed by atoms with Crippen LogP contribution in [-0.4, -0.2) is 13.1 Å². The van der Waals surface area contributed by atoms with E-state index in [9.17, 15) is 0 Å². The summed E-state index contributed by atoms with van der Waals surface area (Å²) in [5, 5.41) is 17.4. The van der Waals surface area contributed by atoms with Crippen LogP contribution < -0.4 is 10.6 Å². The molecule has 17 heavy (non-hydrogen) atoms. The number of nitriles is 2. The zero-order chi connectivity index (χ0) is 12.7. The highest BCUT2D eigenvalue weighted by atomic mass is 15.1. The largest absolute Gasteiger partial charge is 0.345 e. The van der Waals surface area contributed by atoms with E-state index in [0.29, 0.717) is 0 Å². The van der Waals surface area contributed by atoms with E-state index in [2.05, 4.69) is 0 Å². The van der Waals surface area contributed by atoms with Gasteiger partial charge in [0.15, 0.2) is 0 Å². The topological polar surface area (TPSA) is 76.8 Å². The van der Waals surface area contributed by atoms with E-state index in [1.165, 1.54) is 0 Å². The number of hydrogen-bond donors (Lipinski definition) is 1. The second-order valence-corrected chi connectivity index (χ2v) is 3.78. The highest BCUT2D eigenvalue weighted by molar-refractivity contribution is 5.49. The third kappa shape index (κ3) is 3.48. The third-order valence-corrected chi connectivity index (χ3v) is 2.65. The Morgan fingerprint density at radius 1 is 1.18 bits per heavy atom. The van der Waals surface area contributed by atoms with Gasteiger partial charge >= 0.3 is 0 Å². The lowest BCUT2D eigenvalue weighted by Crippen LogP contribution is -2.23. The molecule has 4 heteroatoms. The first-order chi connectivity index (χ1) is 8.22. The van der Waals surface area contributed by atoms with Crippen LogP contribution in [0.1, 0.15) is 24.9 Å². The van der Waals surface area contributed by atoms with Crippen LogP contribution in [0.2, 0.25) is 0 Å². The summed E-state index contributed by atoms with van der Waals surface area (Å²) in [6.45, 7) is 2.47. The van der Waals surface area contributed by atoms with Gasteiger partial charge in [0.1, 0.15) is 13.1 Å². The highest BCUT2D eigenvalue weighted by Gasteiger charge is 2.07. The molecule has 1 atom stereocenters. The van der Waals surface area contributed by atoms with Crippen LogP contribution in [0, 0.1) is 22.7 Å². The second-order valence-electron chi connectivity index (χ2n) is 3.78. The number of nitrogens with zero attached hydrogens (tertiary/aromatic N) is 3. The van der Waals surface area contributed by atoms with E-state index < -0.39 is 0 Å². The molecular weight excluding hydrogens is 212 g/mol. The molecule has 0 spiro atoms. The Morgan fingerprint density at radius 2 is 1.71 bits per heavy atom. The summed E-state index contributed by atoms with van der Waals surface area (Å²) in [5.74, 6) is 0. The van der Waals surface area contributed by atoms with Crippen LogP contribution in [-0.2, 0) is 0 Å². The number of benzene rings is 1. The monoisotopic (exact) mass is 228 g/mol. The van der Waals surface area contributed by atoms with Crippen molar-refractivity contribution in [3.8, 4) is 12.1 Å². The van der Waals surface area contributed by atoms with E-state index in [0.717, 1.165) is 17.7 Å². The SMILES string of the molecule is CCC(N)c1ccc(N(CC#N)CC#N)cc1. The Hall–Kier alpha value is -2.04. The molecule has 88 valence electrons. The van der Waals surface area contributed by atoms with Crippen molar-refractivity contribution in [2.45, 2.75) is 19.4 Å². The Kier molecular flexibility index (Phi) is 5.00. The zero-order valence-corrected chi connectivity index (χ0v) is 9.93. The number of anilines is 1. The smallest absolute Gasteiger partial charge is 0.106 e. The summed E-state index contributed by atoms with van der Waals surface area (Å²) in [6.07, 6.45) is 0.888. The van der Waals surface area contributed by atoms with Crippen LogP contribution in [0.4, 0.5) is 5.69 Å². The maximum Gasteiger partial charge on any atom is 0.106 e. The van der Waals surface area contributed by atoms with E-state index >= 15 is 0 Å². The van der Waals surface area contributed by atoms with Gasteiger partial charge < -0.3 is 10.6 Å². The van der Waals surface area contributed by atoms with Gasteiger partial charge in [-0.2, -0.15) is 10.5 Å². The molecule has 1 unspecified atom stereocenters. The lowest BCUT2D eigenvalue weighted by Gasteiger charge is -2.19. The van der Waals surface area contributed by atoms with Gasteiger partial charge in [-0.15, -0.1) is 0 Å². The van der Waals surface area contributed by atoms with Gasteiger partial charge in [-0.25, -0.2) is 0 Å². The van der Waals surface area contributed by atoms with Crippen molar-refractivity contribution in [3.63, 3.8) is 0 Å². The van der Waals surface area contributed by atoms with Crippen molar-refractivity contribution in [2.24, 2.45) is 5.73 Å². The van der Waals surface area contributed by atoms with Crippen LogP contribution in [0.5, 0.6) is 0 Å². The lowest BCUT2D eigenvalue weighted by molar-refractivity contribution is 0.698. The van der Waals surface area contributed by atoms with Crippen molar-refractivity contribution in [3.05, 3.63) is 29.8 Å². The first-order valence-corrected chi connectivity index (χ1v) is 5.57. The van der Waals surface area contributed by atoms with Gasteiger partial charge in [0.05, 0.1) is 12.1 Å². The zero-order valence-electron chi connectivity index (χ0n) is 9.93. The maximum absolute atomic E-state index is 8.68. The molecule has 4 nitrogen and oxygen atoms in total. The minimum atomic E-state index is 0.0458. The average molecular weight is 228 g/mol. The Bertz CT molecular complexity index is 408. The average Bonchev–Trinajstić information content (AvgIpc) is 2.38. The first kappa shape index (κ1) is 13.0. The molecule has 0 saturated carbocycles. The third-order valence-electron chi connectivity index (χ3n) is 2.65. The van der Waals surface area contributed by atoms with E-state index in [1.807, 2.05) is 43.3 Å². The van der Waals surface area contributed by atoms with Crippen LogP contribution >= 0.6 is 0 Å². The molecule has 0 aliphatic heterocycles. The summed E-state index contributed by atoms with van der Waals surface area (Å²) >= 11 is 0. The molecule has 0 heterocycles. The minimum Gasteiger partial charge on any atom is -0.345 e. The van der Waals surface area contributed by atoms with Gasteiger partial charge in [0, 0.05) is 11.7 Å². The molecule has 0 aliphatic carbocycles. The van der Waals surface area contributed by atoms with E-state index in [-0.39, 0.29) is 19.1 Å². The van der Waals surface area contributed by atoms with Gasteiger partial charge in [-0.3, -0.25) is 0 Å². The molecule has 2 N–H and O–H groups in total. The van der Waals surface area contributed by atoms with Crippen molar-refractivity contribution >= 4 is 5.69 Å². The van der Waals surface area contributed by atoms with Crippen molar-refractivity contribution in [1.82, 2.24) is 0 Å². The molecule has 1 aromatic carbocycles. The lowest BCUT2D eigenvalue weighted by atomic mass is 10.1. The molecule has 0 fully saturated rings. The van der Waals surface area contributed by atoms with Crippen molar-refractivity contribution < 1.29 is 0 Å². The second kappa shape index (κ2) is 6.52. The summed E-state index contributed by atoms with van der Waals surface area (Å²) in [5.41, 5.74) is 7.87. The fraction of sp³-hybridized carbons (Fsp3) is 0.385. The van der Waals surface area contributed by atoms with Gasteiger partial charge in [-0.05, 0) is 24.1 Å². The quantitative estimate of drug-likeness (QED) is 0.781. The first-order valence-electron chi connectivity index (χ1n) is 5.57. The summed E-state index contributed by atoms with van der Waals surface area (Å²) in [7, 11) is 0. The predicted octanol–water partition coefficient (Wildman–Crippen LogP) is 1.95. The Balaban J connectivity index is 2.85. The van der Waals surface area contributed by atoms with Crippen LogP contribution in [0.25, 0.3) is 0 Å². The van der Waals surface area contributed by atoms with Crippen molar-refractivity contribution in [1.29, 1.82) is 10.5 Å².